The van der Waals surface area contributed by atoms with Crippen LogP contribution in [0.1, 0.15) is 11.3 Å². The predicted octanol–water partition coefficient (Wildman–Crippen LogP) is 11.7. The Morgan fingerprint density at radius 3 is 1.70 bits per heavy atom. The van der Waals surface area contributed by atoms with Crippen LogP contribution in [0.25, 0.3) is 72.0 Å². The molecule has 8 aromatic carbocycles. The fourth-order valence-corrected chi connectivity index (χ4v) is 14.3. The van der Waals surface area contributed by atoms with Gasteiger partial charge in [-0.15, -0.1) is 0 Å². The molecule has 11 rings (SSSR count). The van der Waals surface area contributed by atoms with Gasteiger partial charge < -0.3 is 14.7 Å². The summed E-state index contributed by atoms with van der Waals surface area (Å²) in [5, 5.41) is 9.80. The lowest BCUT2D eigenvalue weighted by Crippen LogP contribution is -2.74. The van der Waals surface area contributed by atoms with E-state index in [4.69, 9.17) is 15.1 Å². The lowest BCUT2D eigenvalue weighted by molar-refractivity contribution is 0.669. The molecule has 0 aliphatic heterocycles. The van der Waals surface area contributed by atoms with E-state index >= 15 is 0 Å². The van der Waals surface area contributed by atoms with Crippen LogP contribution in [0.15, 0.2) is 248 Å². The molecule has 304 valence electrons. The van der Waals surface area contributed by atoms with Gasteiger partial charge in [0, 0.05) is 38.5 Å². The standard InChI is InChI=1S/C59H43N3OSi/c1-41(18-15-29-53(60)42-19-16-26-48(38-42)64(45-20-5-2-6-21-45,46-22-7-3-8-23-46)47-24-9-4-10-25-47)54-30-17-31-55(61-54)43-34-36-58-51(39-43)52-40-44(35-37-59(52)63-58)62-56-32-13-11-27-49(56)50-28-12-14-33-57(50)62/h2-40H,1,60H2/b18-15-,53-29-. The van der Waals surface area contributed by atoms with E-state index in [-0.39, 0.29) is 0 Å². The van der Waals surface area contributed by atoms with Crippen LogP contribution in [0, 0.1) is 0 Å². The number of rotatable bonds is 10. The lowest BCUT2D eigenvalue weighted by atomic mass is 10.0. The van der Waals surface area contributed by atoms with Gasteiger partial charge in [0.1, 0.15) is 11.2 Å². The van der Waals surface area contributed by atoms with E-state index in [1.54, 1.807) is 0 Å². The Morgan fingerprint density at radius 1 is 0.516 bits per heavy atom. The highest BCUT2D eigenvalue weighted by molar-refractivity contribution is 7.19. The molecule has 0 saturated carbocycles. The summed E-state index contributed by atoms with van der Waals surface area (Å²) in [6.07, 6.45) is 5.90. The molecule has 11 aromatic rings. The average molecular weight is 838 g/mol. The highest BCUT2D eigenvalue weighted by Crippen LogP contribution is 2.37. The second-order valence-electron chi connectivity index (χ2n) is 16.2. The second kappa shape index (κ2) is 16.2. The van der Waals surface area contributed by atoms with Gasteiger partial charge in [-0.25, -0.2) is 4.98 Å². The zero-order valence-electron chi connectivity index (χ0n) is 35.1. The lowest BCUT2D eigenvalue weighted by Gasteiger charge is -2.34. The third-order valence-corrected chi connectivity index (χ3v) is 17.3. The van der Waals surface area contributed by atoms with E-state index in [9.17, 15) is 0 Å². The average Bonchev–Trinajstić information content (AvgIpc) is 3.90. The number of benzene rings is 8. The van der Waals surface area contributed by atoms with Crippen molar-refractivity contribution in [2.75, 3.05) is 0 Å². The van der Waals surface area contributed by atoms with Gasteiger partial charge in [-0.2, -0.15) is 0 Å². The van der Waals surface area contributed by atoms with Gasteiger partial charge in [0.15, 0.2) is 8.07 Å². The Morgan fingerprint density at radius 2 is 1.06 bits per heavy atom. The van der Waals surface area contributed by atoms with Gasteiger partial charge in [-0.1, -0.05) is 176 Å². The Labute approximate surface area is 373 Å². The monoisotopic (exact) mass is 837 g/mol. The van der Waals surface area contributed by atoms with Gasteiger partial charge >= 0.3 is 0 Å². The van der Waals surface area contributed by atoms with Crippen molar-refractivity contribution in [1.82, 2.24) is 9.55 Å². The number of allylic oxidation sites excluding steroid dienone is 4. The molecule has 3 heterocycles. The summed E-state index contributed by atoms with van der Waals surface area (Å²) in [5.74, 6) is 0. The fraction of sp³-hybridized carbons (Fsp3) is 0. The van der Waals surface area contributed by atoms with E-state index in [0.29, 0.717) is 5.70 Å². The molecule has 64 heavy (non-hydrogen) atoms. The summed E-state index contributed by atoms with van der Waals surface area (Å²) < 4.78 is 8.71. The number of nitrogens with two attached hydrogens (primary N) is 1. The molecule has 0 unspecified atom stereocenters. The Bertz CT molecular complexity index is 3430. The molecule has 0 atom stereocenters. The predicted molar refractivity (Wildman–Crippen MR) is 272 cm³/mol. The van der Waals surface area contributed by atoms with Crippen molar-refractivity contribution in [2.45, 2.75) is 0 Å². The van der Waals surface area contributed by atoms with E-state index in [2.05, 4.69) is 205 Å². The van der Waals surface area contributed by atoms with E-state index < -0.39 is 8.07 Å². The third-order valence-electron chi connectivity index (χ3n) is 12.5. The molecule has 0 fully saturated rings. The van der Waals surface area contributed by atoms with Crippen LogP contribution in [0.2, 0.25) is 0 Å². The van der Waals surface area contributed by atoms with Gasteiger partial charge in [0.05, 0.1) is 22.4 Å². The van der Waals surface area contributed by atoms with Crippen molar-refractivity contribution in [3.8, 4) is 16.9 Å². The van der Waals surface area contributed by atoms with Crippen LogP contribution >= 0.6 is 0 Å². The van der Waals surface area contributed by atoms with Gasteiger partial charge in [-0.3, -0.25) is 0 Å². The minimum atomic E-state index is -2.69. The molecule has 4 nitrogen and oxygen atoms in total. The van der Waals surface area contributed by atoms with Crippen molar-refractivity contribution >= 4 is 83.8 Å². The minimum Gasteiger partial charge on any atom is -0.456 e. The first-order valence-corrected chi connectivity index (χ1v) is 23.6. The molecule has 0 spiro atoms. The summed E-state index contributed by atoms with van der Waals surface area (Å²) in [5.41, 5.74) is 17.1. The normalized spacial score (nSPS) is 12.2. The maximum absolute atomic E-state index is 6.88. The zero-order chi connectivity index (χ0) is 43.0. The first-order valence-electron chi connectivity index (χ1n) is 21.6. The number of nitrogens with zero attached hydrogens (tertiary/aromatic N) is 2. The maximum atomic E-state index is 6.88. The number of hydrogen-bond acceptors (Lipinski definition) is 3. The van der Waals surface area contributed by atoms with Gasteiger partial charge in [0.2, 0.25) is 0 Å². The van der Waals surface area contributed by atoms with Crippen LogP contribution < -0.4 is 26.5 Å². The number of fused-ring (bicyclic) bond motifs is 6. The molecule has 0 saturated heterocycles. The van der Waals surface area contributed by atoms with E-state index in [1.165, 1.54) is 42.6 Å². The summed E-state index contributed by atoms with van der Waals surface area (Å²) in [6, 6.07) is 77.6. The first kappa shape index (κ1) is 38.7. The molecule has 2 N–H and O–H groups in total. The molecule has 5 heteroatoms. The molecular formula is C59H43N3OSi. The van der Waals surface area contributed by atoms with Crippen LogP contribution in [0.4, 0.5) is 0 Å². The highest BCUT2D eigenvalue weighted by atomic mass is 28.3. The molecule has 0 aliphatic rings. The Kier molecular flexibility index (Phi) is 9.80. The van der Waals surface area contributed by atoms with E-state index in [1.807, 2.05) is 42.5 Å². The summed E-state index contributed by atoms with van der Waals surface area (Å²) >= 11 is 0. The highest BCUT2D eigenvalue weighted by Gasteiger charge is 2.41. The maximum Gasteiger partial charge on any atom is 0.179 e. The van der Waals surface area contributed by atoms with Crippen molar-refractivity contribution in [2.24, 2.45) is 5.73 Å². The van der Waals surface area contributed by atoms with Crippen LogP contribution in [0.5, 0.6) is 0 Å². The molecule has 0 bridgehead atoms. The van der Waals surface area contributed by atoms with Gasteiger partial charge in [0.25, 0.3) is 0 Å². The fourth-order valence-electron chi connectivity index (χ4n) is 9.48. The molecule has 3 aromatic heterocycles. The molecule has 0 radical (unpaired) electrons. The van der Waals surface area contributed by atoms with Crippen molar-refractivity contribution in [3.63, 3.8) is 0 Å². The number of hydrogen-bond donors (Lipinski definition) is 1. The Balaban J connectivity index is 0.893. The molecular weight excluding hydrogens is 795 g/mol. The van der Waals surface area contributed by atoms with Crippen molar-refractivity contribution in [3.05, 3.63) is 254 Å². The first-order chi connectivity index (χ1) is 31.6. The summed E-state index contributed by atoms with van der Waals surface area (Å²) in [4.78, 5) is 5.09. The molecule has 0 amide bonds. The Hall–Kier alpha value is -8.25. The number of para-hydroxylation sites is 2. The smallest absolute Gasteiger partial charge is 0.179 e. The number of pyridine rings is 1. The minimum absolute atomic E-state index is 0.673. The molecule has 0 aliphatic carbocycles. The largest absolute Gasteiger partial charge is 0.456 e. The second-order valence-corrected chi connectivity index (χ2v) is 20.0. The van der Waals surface area contributed by atoms with Gasteiger partial charge in [-0.05, 0) is 98.6 Å². The summed E-state index contributed by atoms with van der Waals surface area (Å²) in [7, 11) is -2.69. The van der Waals surface area contributed by atoms with E-state index in [0.717, 1.165) is 55.7 Å². The van der Waals surface area contributed by atoms with Crippen LogP contribution in [-0.2, 0) is 0 Å². The third kappa shape index (κ3) is 6.67. The number of aromatic nitrogens is 2. The zero-order valence-corrected chi connectivity index (χ0v) is 36.1. The quantitative estimate of drug-likeness (QED) is 0.0848. The van der Waals surface area contributed by atoms with Crippen molar-refractivity contribution < 1.29 is 4.42 Å². The van der Waals surface area contributed by atoms with Crippen LogP contribution in [-0.4, -0.2) is 17.6 Å². The van der Waals surface area contributed by atoms with Crippen molar-refractivity contribution in [1.29, 1.82) is 0 Å². The van der Waals surface area contributed by atoms with Crippen LogP contribution in [0.3, 0.4) is 0 Å². The topological polar surface area (TPSA) is 57.0 Å². The number of furan rings is 1. The SMILES string of the molecule is C=C(/C=C\C=C(/N)c1cccc([Si](c2ccccc2)(c2ccccc2)c2ccccc2)c1)c1cccc(-c2ccc3oc4ccc(-n5c6ccccc6c6ccccc65)cc4c3c2)n1. The summed E-state index contributed by atoms with van der Waals surface area (Å²) in [6.45, 7) is 4.41.